The molecule has 0 aliphatic carbocycles. The fourth-order valence-electron chi connectivity index (χ4n) is 2.44. The highest BCUT2D eigenvalue weighted by Gasteiger charge is 2.25. The van der Waals surface area contributed by atoms with Gasteiger partial charge in [-0.1, -0.05) is 60.7 Å². The number of benzene rings is 2. The Labute approximate surface area is 142 Å². The highest BCUT2D eigenvalue weighted by atomic mass is 16.2. The minimum atomic E-state index is -0.828. The lowest BCUT2D eigenvalue weighted by molar-refractivity contribution is -0.130. The number of nitrogens with two attached hydrogens (primary N) is 1. The van der Waals surface area contributed by atoms with Crippen molar-refractivity contribution in [1.82, 2.24) is 10.2 Å². The first-order valence-electron chi connectivity index (χ1n) is 7.88. The van der Waals surface area contributed by atoms with Crippen molar-refractivity contribution in [3.05, 3.63) is 71.8 Å². The molecule has 0 saturated carbocycles. The predicted octanol–water partition coefficient (Wildman–Crippen LogP) is 1.85. The number of rotatable bonds is 7. The van der Waals surface area contributed by atoms with Crippen molar-refractivity contribution in [2.45, 2.75) is 25.6 Å². The normalized spacial score (nSPS) is 13.3. The molecule has 2 atom stereocenters. The van der Waals surface area contributed by atoms with Crippen LogP contribution in [0.25, 0.3) is 0 Å². The summed E-state index contributed by atoms with van der Waals surface area (Å²) in [5.41, 5.74) is 7.25. The highest BCUT2D eigenvalue weighted by Crippen LogP contribution is 2.13. The molecule has 0 saturated heterocycles. The minimum Gasteiger partial charge on any atom is -0.368 e. The molecule has 5 heteroatoms. The molecule has 2 aromatic carbocycles. The van der Waals surface area contributed by atoms with Crippen LogP contribution in [0.15, 0.2) is 60.7 Å². The van der Waals surface area contributed by atoms with Crippen LogP contribution in [0, 0.1) is 0 Å². The zero-order valence-electron chi connectivity index (χ0n) is 14.0. The first-order chi connectivity index (χ1) is 11.5. The van der Waals surface area contributed by atoms with Gasteiger partial charge in [-0.2, -0.15) is 0 Å². The summed E-state index contributed by atoms with van der Waals surface area (Å²) < 4.78 is 0. The van der Waals surface area contributed by atoms with E-state index in [-0.39, 0.29) is 5.91 Å². The van der Waals surface area contributed by atoms with Crippen molar-refractivity contribution < 1.29 is 9.59 Å². The SMILES string of the molecule is C[C@@H](C(=O)N[C@@H](C(N)=O)c1ccccc1)N(C)Cc1ccccc1. The van der Waals surface area contributed by atoms with Gasteiger partial charge in [0.15, 0.2) is 0 Å². The Morgan fingerprint density at radius 3 is 2.12 bits per heavy atom. The third-order valence-corrected chi connectivity index (χ3v) is 4.02. The van der Waals surface area contributed by atoms with Gasteiger partial charge in [-0.15, -0.1) is 0 Å². The Hall–Kier alpha value is -2.66. The van der Waals surface area contributed by atoms with E-state index >= 15 is 0 Å². The molecule has 2 aromatic rings. The van der Waals surface area contributed by atoms with E-state index in [2.05, 4.69) is 5.32 Å². The summed E-state index contributed by atoms with van der Waals surface area (Å²) in [7, 11) is 1.87. The molecule has 0 bridgehead atoms. The van der Waals surface area contributed by atoms with E-state index in [1.807, 2.05) is 60.5 Å². The molecule has 2 rings (SSSR count). The monoisotopic (exact) mass is 325 g/mol. The number of primary amides is 1. The van der Waals surface area contributed by atoms with Crippen LogP contribution >= 0.6 is 0 Å². The maximum absolute atomic E-state index is 12.5. The number of nitrogens with zero attached hydrogens (tertiary/aromatic N) is 1. The van der Waals surface area contributed by atoms with Gasteiger partial charge in [0.2, 0.25) is 11.8 Å². The van der Waals surface area contributed by atoms with Crippen molar-refractivity contribution in [1.29, 1.82) is 0 Å². The van der Waals surface area contributed by atoms with E-state index in [1.54, 1.807) is 19.1 Å². The van der Waals surface area contributed by atoms with Crippen LogP contribution in [0.3, 0.4) is 0 Å². The third kappa shape index (κ3) is 4.67. The number of amides is 2. The fourth-order valence-corrected chi connectivity index (χ4v) is 2.44. The van der Waals surface area contributed by atoms with E-state index in [4.69, 9.17) is 5.73 Å². The molecule has 0 spiro atoms. The van der Waals surface area contributed by atoms with E-state index in [1.165, 1.54) is 0 Å². The molecule has 0 fully saturated rings. The number of nitrogens with one attached hydrogen (secondary N) is 1. The van der Waals surface area contributed by atoms with E-state index in [0.717, 1.165) is 5.56 Å². The van der Waals surface area contributed by atoms with Crippen LogP contribution in [0.1, 0.15) is 24.1 Å². The maximum Gasteiger partial charge on any atom is 0.244 e. The van der Waals surface area contributed by atoms with Gasteiger partial charge >= 0.3 is 0 Å². The number of likely N-dealkylation sites (N-methyl/N-ethyl adjacent to an activating group) is 1. The number of hydrogen-bond donors (Lipinski definition) is 2. The lowest BCUT2D eigenvalue weighted by atomic mass is 10.1. The van der Waals surface area contributed by atoms with E-state index < -0.39 is 18.0 Å². The summed E-state index contributed by atoms with van der Waals surface area (Å²) in [5, 5.41) is 2.74. The Morgan fingerprint density at radius 2 is 1.58 bits per heavy atom. The standard InChI is InChI=1S/C19H23N3O2/c1-14(22(2)13-15-9-5-3-6-10-15)19(24)21-17(18(20)23)16-11-7-4-8-12-16/h3-12,14,17H,13H2,1-2H3,(H2,20,23)(H,21,24)/t14-,17+/m0/s1. The minimum absolute atomic E-state index is 0.235. The second kappa shape index (κ2) is 8.26. The van der Waals surface area contributed by atoms with Crippen LogP contribution < -0.4 is 11.1 Å². The van der Waals surface area contributed by atoms with Gasteiger partial charge in [0.25, 0.3) is 0 Å². The summed E-state index contributed by atoms with van der Waals surface area (Å²) in [6, 6.07) is 17.7. The molecular formula is C19H23N3O2. The van der Waals surface area contributed by atoms with Gasteiger partial charge < -0.3 is 11.1 Å². The second-order valence-corrected chi connectivity index (χ2v) is 5.83. The van der Waals surface area contributed by atoms with Crippen molar-refractivity contribution in [2.24, 2.45) is 5.73 Å². The Bertz CT molecular complexity index is 674. The van der Waals surface area contributed by atoms with E-state index in [0.29, 0.717) is 12.1 Å². The third-order valence-electron chi connectivity index (χ3n) is 4.02. The number of hydrogen-bond acceptors (Lipinski definition) is 3. The number of carbonyl (C=O) groups excluding carboxylic acids is 2. The molecular weight excluding hydrogens is 302 g/mol. The molecule has 0 heterocycles. The fraction of sp³-hybridized carbons (Fsp3) is 0.263. The average molecular weight is 325 g/mol. The molecule has 0 radical (unpaired) electrons. The zero-order valence-corrected chi connectivity index (χ0v) is 14.0. The lowest BCUT2D eigenvalue weighted by Gasteiger charge is -2.26. The summed E-state index contributed by atoms with van der Waals surface area (Å²) in [5.74, 6) is -0.812. The Balaban J connectivity index is 2.02. The molecule has 0 aliphatic rings. The van der Waals surface area contributed by atoms with Gasteiger partial charge in [-0.05, 0) is 25.1 Å². The van der Waals surface area contributed by atoms with Crippen LogP contribution in [-0.2, 0) is 16.1 Å². The van der Waals surface area contributed by atoms with Crippen LogP contribution in [0.4, 0.5) is 0 Å². The molecule has 0 unspecified atom stereocenters. The quantitative estimate of drug-likeness (QED) is 0.816. The molecule has 3 N–H and O–H groups in total. The topological polar surface area (TPSA) is 75.4 Å². The second-order valence-electron chi connectivity index (χ2n) is 5.83. The van der Waals surface area contributed by atoms with Crippen LogP contribution in [-0.4, -0.2) is 29.8 Å². The largest absolute Gasteiger partial charge is 0.368 e. The summed E-state index contributed by atoms with van der Waals surface area (Å²) in [6.45, 7) is 2.45. The van der Waals surface area contributed by atoms with Crippen molar-refractivity contribution in [3.63, 3.8) is 0 Å². The highest BCUT2D eigenvalue weighted by molar-refractivity contribution is 5.89. The van der Waals surface area contributed by atoms with E-state index in [9.17, 15) is 9.59 Å². The Kier molecular flexibility index (Phi) is 6.09. The predicted molar refractivity (Wildman–Crippen MR) is 93.9 cm³/mol. The van der Waals surface area contributed by atoms with Gasteiger partial charge in [-0.25, -0.2) is 0 Å². The van der Waals surface area contributed by atoms with Crippen LogP contribution in [0.2, 0.25) is 0 Å². The number of carbonyl (C=O) groups is 2. The van der Waals surface area contributed by atoms with Gasteiger partial charge in [0, 0.05) is 6.54 Å². The molecule has 0 aromatic heterocycles. The molecule has 24 heavy (non-hydrogen) atoms. The first-order valence-corrected chi connectivity index (χ1v) is 7.88. The summed E-state index contributed by atoms with van der Waals surface area (Å²) in [6.07, 6.45) is 0. The van der Waals surface area contributed by atoms with Gasteiger partial charge in [0.05, 0.1) is 6.04 Å². The first kappa shape index (κ1) is 17.7. The summed E-state index contributed by atoms with van der Waals surface area (Å²) >= 11 is 0. The average Bonchev–Trinajstić information content (AvgIpc) is 2.60. The lowest BCUT2D eigenvalue weighted by Crippen LogP contribution is -2.47. The van der Waals surface area contributed by atoms with Crippen LogP contribution in [0.5, 0.6) is 0 Å². The van der Waals surface area contributed by atoms with Crippen molar-refractivity contribution >= 4 is 11.8 Å². The van der Waals surface area contributed by atoms with Crippen molar-refractivity contribution in [3.8, 4) is 0 Å². The summed E-state index contributed by atoms with van der Waals surface area (Å²) in [4.78, 5) is 26.1. The molecule has 2 amide bonds. The maximum atomic E-state index is 12.5. The smallest absolute Gasteiger partial charge is 0.244 e. The van der Waals surface area contributed by atoms with Gasteiger partial charge in [0.1, 0.15) is 6.04 Å². The van der Waals surface area contributed by atoms with Gasteiger partial charge in [-0.3, -0.25) is 14.5 Å². The molecule has 5 nitrogen and oxygen atoms in total. The van der Waals surface area contributed by atoms with Crippen molar-refractivity contribution in [2.75, 3.05) is 7.05 Å². The zero-order chi connectivity index (χ0) is 17.5. The molecule has 126 valence electrons. The Morgan fingerprint density at radius 1 is 1.04 bits per heavy atom. The molecule has 0 aliphatic heterocycles.